The van der Waals surface area contributed by atoms with Gasteiger partial charge in [-0.05, 0) is 19.9 Å². The lowest BCUT2D eigenvalue weighted by Crippen LogP contribution is -2.08. The van der Waals surface area contributed by atoms with Gasteiger partial charge in [0.2, 0.25) is 0 Å². The Labute approximate surface area is 73.4 Å². The molecule has 1 N–H and O–H groups in total. The third-order valence-electron chi connectivity index (χ3n) is 1.61. The number of nitrogens with one attached hydrogen (secondary N) is 1. The van der Waals surface area contributed by atoms with E-state index in [0.717, 1.165) is 5.70 Å². The van der Waals surface area contributed by atoms with E-state index in [-0.39, 0.29) is 6.04 Å². The molecule has 1 aliphatic heterocycles. The van der Waals surface area contributed by atoms with Gasteiger partial charge in [-0.15, -0.1) is 0 Å². The van der Waals surface area contributed by atoms with E-state index in [1.165, 1.54) is 5.57 Å². The van der Waals surface area contributed by atoms with E-state index >= 15 is 0 Å². The number of aliphatic imine (C=N–C) groups is 1. The van der Waals surface area contributed by atoms with E-state index in [9.17, 15) is 0 Å². The minimum Gasteiger partial charge on any atom is -0.347 e. The van der Waals surface area contributed by atoms with Crippen molar-refractivity contribution in [2.45, 2.75) is 19.9 Å². The lowest BCUT2D eigenvalue weighted by molar-refractivity contribution is 0.917. The van der Waals surface area contributed by atoms with Crippen LogP contribution in [0.1, 0.15) is 13.8 Å². The van der Waals surface area contributed by atoms with Crippen molar-refractivity contribution in [2.75, 3.05) is 0 Å². The van der Waals surface area contributed by atoms with E-state index in [2.05, 4.69) is 29.9 Å². The summed E-state index contributed by atoms with van der Waals surface area (Å²) in [5, 5.41) is 2.97. The van der Waals surface area contributed by atoms with E-state index in [4.69, 9.17) is 0 Å². The average molecular weight is 162 g/mol. The molecule has 12 heavy (non-hydrogen) atoms. The van der Waals surface area contributed by atoms with Crippen molar-refractivity contribution < 1.29 is 0 Å². The first kappa shape index (κ1) is 8.78. The zero-order valence-corrected chi connectivity index (χ0v) is 7.54. The maximum atomic E-state index is 4.23. The molecule has 1 heterocycles. The number of allylic oxidation sites excluding steroid dienone is 3. The summed E-state index contributed by atoms with van der Waals surface area (Å²) in [6.07, 6.45) is 7.76. The molecule has 0 radical (unpaired) electrons. The van der Waals surface area contributed by atoms with Crippen LogP contribution >= 0.6 is 0 Å². The van der Waals surface area contributed by atoms with E-state index < -0.39 is 0 Å². The SMILES string of the molecule is C=C1/C=C\C(C)=C/C(C)N=CN1. The van der Waals surface area contributed by atoms with Gasteiger partial charge in [0, 0.05) is 5.70 Å². The highest BCUT2D eigenvalue weighted by Gasteiger charge is 1.94. The van der Waals surface area contributed by atoms with Crippen LogP contribution in [0.4, 0.5) is 0 Å². The minimum absolute atomic E-state index is 0.230. The van der Waals surface area contributed by atoms with Crippen LogP contribution in [0.5, 0.6) is 0 Å². The molecule has 1 atom stereocenters. The van der Waals surface area contributed by atoms with E-state index in [1.807, 2.05) is 19.1 Å². The van der Waals surface area contributed by atoms with Crippen molar-refractivity contribution >= 4 is 6.34 Å². The normalized spacial score (nSPS) is 30.7. The molecule has 64 valence electrons. The van der Waals surface area contributed by atoms with E-state index in [0.29, 0.717) is 0 Å². The summed E-state index contributed by atoms with van der Waals surface area (Å²) in [4.78, 5) is 4.23. The van der Waals surface area contributed by atoms with Crippen molar-refractivity contribution in [2.24, 2.45) is 4.99 Å². The first-order valence-electron chi connectivity index (χ1n) is 4.02. The third-order valence-corrected chi connectivity index (χ3v) is 1.61. The number of hydrogen-bond acceptors (Lipinski definition) is 2. The van der Waals surface area contributed by atoms with Crippen molar-refractivity contribution in [1.82, 2.24) is 5.32 Å². The second-order valence-electron chi connectivity index (χ2n) is 2.93. The van der Waals surface area contributed by atoms with Crippen molar-refractivity contribution in [3.8, 4) is 0 Å². The molecule has 0 fully saturated rings. The summed E-state index contributed by atoms with van der Waals surface area (Å²) in [7, 11) is 0. The zero-order chi connectivity index (χ0) is 8.97. The molecular formula is C10H14N2. The fraction of sp³-hybridized carbons (Fsp3) is 0.300. The summed E-state index contributed by atoms with van der Waals surface area (Å²) < 4.78 is 0. The highest BCUT2D eigenvalue weighted by molar-refractivity contribution is 5.59. The highest BCUT2D eigenvalue weighted by atomic mass is 15.0. The minimum atomic E-state index is 0.230. The zero-order valence-electron chi connectivity index (χ0n) is 7.54. The highest BCUT2D eigenvalue weighted by Crippen LogP contribution is 2.03. The number of nitrogens with zero attached hydrogens (tertiary/aromatic N) is 1. The molecule has 1 unspecified atom stereocenters. The van der Waals surface area contributed by atoms with Gasteiger partial charge in [-0.3, -0.25) is 4.99 Å². The molecule has 0 aliphatic carbocycles. The third kappa shape index (κ3) is 2.74. The van der Waals surface area contributed by atoms with Gasteiger partial charge in [0.05, 0.1) is 12.4 Å². The standard InChI is InChI=1S/C10H14N2/c1-8-4-5-9(2)11-7-12-10(3)6-8/h4-7,10H,2H2,1,3H3,(H,11,12)/b5-4-,8-6-. The van der Waals surface area contributed by atoms with Crippen LogP contribution in [0.3, 0.4) is 0 Å². The quantitative estimate of drug-likeness (QED) is 0.579. The van der Waals surface area contributed by atoms with Gasteiger partial charge >= 0.3 is 0 Å². The molecule has 2 nitrogen and oxygen atoms in total. The van der Waals surface area contributed by atoms with Gasteiger partial charge in [0.15, 0.2) is 0 Å². The molecule has 0 bridgehead atoms. The second kappa shape index (κ2) is 3.90. The van der Waals surface area contributed by atoms with Crippen LogP contribution in [0.25, 0.3) is 0 Å². The molecule has 0 aromatic heterocycles. The summed E-state index contributed by atoms with van der Waals surface area (Å²) in [6.45, 7) is 7.90. The summed E-state index contributed by atoms with van der Waals surface area (Å²) >= 11 is 0. The maximum absolute atomic E-state index is 4.23. The van der Waals surface area contributed by atoms with Crippen LogP contribution in [-0.4, -0.2) is 12.4 Å². The van der Waals surface area contributed by atoms with Gasteiger partial charge in [-0.1, -0.05) is 24.3 Å². The first-order chi connectivity index (χ1) is 5.68. The Hall–Kier alpha value is -1.31. The molecule has 0 spiro atoms. The predicted molar refractivity (Wildman–Crippen MR) is 53.1 cm³/mol. The molecule has 0 aromatic carbocycles. The summed E-state index contributed by atoms with van der Waals surface area (Å²) in [5.41, 5.74) is 2.07. The number of hydrogen-bond donors (Lipinski definition) is 1. The predicted octanol–water partition coefficient (Wildman–Crippen LogP) is 2.02. The topological polar surface area (TPSA) is 24.4 Å². The second-order valence-corrected chi connectivity index (χ2v) is 2.93. The average Bonchev–Trinajstić information content (AvgIpc) is 2.05. The molecule has 0 amide bonds. The Kier molecular flexibility index (Phi) is 2.86. The molecular weight excluding hydrogens is 148 g/mol. The first-order valence-corrected chi connectivity index (χ1v) is 4.02. The Morgan fingerprint density at radius 3 is 3.00 bits per heavy atom. The molecule has 0 aromatic rings. The summed E-state index contributed by atoms with van der Waals surface area (Å²) in [5.74, 6) is 0. The fourth-order valence-corrected chi connectivity index (χ4v) is 0.997. The largest absolute Gasteiger partial charge is 0.347 e. The van der Waals surface area contributed by atoms with Crippen LogP contribution in [0.2, 0.25) is 0 Å². The van der Waals surface area contributed by atoms with Gasteiger partial charge in [-0.25, -0.2) is 0 Å². The summed E-state index contributed by atoms with van der Waals surface area (Å²) in [6, 6.07) is 0.230. The molecule has 2 heteroatoms. The molecule has 0 saturated heterocycles. The molecule has 1 rings (SSSR count). The van der Waals surface area contributed by atoms with Crippen LogP contribution < -0.4 is 5.32 Å². The van der Waals surface area contributed by atoms with Gasteiger partial charge in [-0.2, -0.15) is 0 Å². The van der Waals surface area contributed by atoms with Crippen LogP contribution in [0.15, 0.2) is 41.1 Å². The monoisotopic (exact) mass is 162 g/mol. The maximum Gasteiger partial charge on any atom is 0.0874 e. The Bertz CT molecular complexity index is 259. The van der Waals surface area contributed by atoms with Crippen LogP contribution in [0, 0.1) is 0 Å². The molecule has 1 aliphatic rings. The van der Waals surface area contributed by atoms with E-state index in [1.54, 1.807) is 6.34 Å². The number of rotatable bonds is 0. The lowest BCUT2D eigenvalue weighted by atomic mass is 10.2. The van der Waals surface area contributed by atoms with Gasteiger partial charge in [0.25, 0.3) is 0 Å². The van der Waals surface area contributed by atoms with Crippen LogP contribution in [-0.2, 0) is 0 Å². The Morgan fingerprint density at radius 2 is 2.25 bits per heavy atom. The van der Waals surface area contributed by atoms with Gasteiger partial charge < -0.3 is 5.32 Å². The van der Waals surface area contributed by atoms with Crippen molar-refractivity contribution in [3.05, 3.63) is 36.1 Å². The van der Waals surface area contributed by atoms with Gasteiger partial charge in [0.1, 0.15) is 0 Å². The van der Waals surface area contributed by atoms with Crippen molar-refractivity contribution in [3.63, 3.8) is 0 Å². The Balaban J connectivity index is 2.84. The van der Waals surface area contributed by atoms with Crippen molar-refractivity contribution in [1.29, 1.82) is 0 Å². The lowest BCUT2D eigenvalue weighted by Gasteiger charge is -1.98. The fourth-order valence-electron chi connectivity index (χ4n) is 0.997. The smallest absolute Gasteiger partial charge is 0.0874 e. The Morgan fingerprint density at radius 1 is 1.50 bits per heavy atom. The molecule has 0 saturated carbocycles.